The van der Waals surface area contributed by atoms with Crippen molar-refractivity contribution in [3.8, 4) is 16.9 Å². The van der Waals surface area contributed by atoms with Crippen LogP contribution in [0.2, 0.25) is 0 Å². The van der Waals surface area contributed by atoms with Crippen molar-refractivity contribution >= 4 is 15.9 Å². The molecule has 2 aromatic carbocycles. The van der Waals surface area contributed by atoms with E-state index in [0.717, 1.165) is 18.2 Å². The third-order valence-electron chi connectivity index (χ3n) is 2.70. The fourth-order valence-electron chi connectivity index (χ4n) is 1.83. The predicted octanol–water partition coefficient (Wildman–Crippen LogP) is 6.03. The molecule has 0 N–H and O–H groups in total. The molecule has 0 bridgehead atoms. The topological polar surface area (TPSA) is 9.23 Å². The monoisotopic (exact) mass is 384 g/mol. The first-order valence-corrected chi connectivity index (χ1v) is 6.59. The molecule has 22 heavy (non-hydrogen) atoms. The Kier molecular flexibility index (Phi) is 4.42. The Labute approximate surface area is 129 Å². The molecule has 0 aliphatic heterocycles. The molecule has 0 saturated heterocycles. The number of para-hydroxylation sites is 1. The minimum Gasteiger partial charge on any atom is -0.405 e. The molecule has 0 spiro atoms. The summed E-state index contributed by atoms with van der Waals surface area (Å²) < 4.78 is 79.4. The quantitative estimate of drug-likeness (QED) is 0.574. The van der Waals surface area contributed by atoms with Gasteiger partial charge < -0.3 is 4.74 Å². The zero-order valence-corrected chi connectivity index (χ0v) is 12.2. The maximum atomic E-state index is 12.9. The van der Waals surface area contributed by atoms with E-state index in [9.17, 15) is 26.3 Å². The summed E-state index contributed by atoms with van der Waals surface area (Å²) in [4.78, 5) is 0. The Hall–Kier alpha value is -1.70. The SMILES string of the molecule is FC(F)(F)Oc1ccccc1-c1ccc(Br)c(C(F)(F)F)c1. The summed E-state index contributed by atoms with van der Waals surface area (Å²) >= 11 is 2.77. The van der Waals surface area contributed by atoms with Crippen LogP contribution in [0.4, 0.5) is 26.3 Å². The zero-order chi connectivity index (χ0) is 16.5. The highest BCUT2D eigenvalue weighted by molar-refractivity contribution is 9.10. The number of hydrogen-bond acceptors (Lipinski definition) is 1. The molecular weight excluding hydrogens is 378 g/mol. The first-order valence-electron chi connectivity index (χ1n) is 5.80. The van der Waals surface area contributed by atoms with Gasteiger partial charge in [0.2, 0.25) is 0 Å². The van der Waals surface area contributed by atoms with Gasteiger partial charge in [0.1, 0.15) is 5.75 Å². The summed E-state index contributed by atoms with van der Waals surface area (Å²) in [5, 5.41) is 0. The van der Waals surface area contributed by atoms with Crippen LogP contribution in [0.15, 0.2) is 46.9 Å². The maximum Gasteiger partial charge on any atom is 0.573 e. The van der Waals surface area contributed by atoms with E-state index in [1.54, 1.807) is 0 Å². The molecule has 0 aromatic heterocycles. The van der Waals surface area contributed by atoms with Crippen LogP contribution < -0.4 is 4.74 Å². The molecule has 0 unspecified atom stereocenters. The molecule has 0 saturated carbocycles. The van der Waals surface area contributed by atoms with E-state index in [0.29, 0.717) is 0 Å². The van der Waals surface area contributed by atoms with Gasteiger partial charge in [-0.15, -0.1) is 13.2 Å². The van der Waals surface area contributed by atoms with Gasteiger partial charge in [-0.1, -0.05) is 40.2 Å². The molecular formula is C14H7BrF6O. The van der Waals surface area contributed by atoms with Crippen LogP contribution >= 0.6 is 15.9 Å². The van der Waals surface area contributed by atoms with Crippen molar-refractivity contribution in [2.24, 2.45) is 0 Å². The Morgan fingerprint density at radius 2 is 1.50 bits per heavy atom. The summed E-state index contributed by atoms with van der Waals surface area (Å²) in [7, 11) is 0. The summed E-state index contributed by atoms with van der Waals surface area (Å²) in [6.45, 7) is 0. The molecule has 0 heterocycles. The third kappa shape index (κ3) is 3.94. The average molecular weight is 385 g/mol. The second-order valence-corrected chi connectivity index (χ2v) is 5.09. The van der Waals surface area contributed by atoms with E-state index in [1.807, 2.05) is 0 Å². The minimum atomic E-state index is -4.93. The second kappa shape index (κ2) is 5.83. The molecule has 2 aromatic rings. The number of rotatable bonds is 2. The van der Waals surface area contributed by atoms with Gasteiger partial charge in [0, 0.05) is 10.0 Å². The van der Waals surface area contributed by atoms with Crippen molar-refractivity contribution in [3.05, 3.63) is 52.5 Å². The van der Waals surface area contributed by atoms with Gasteiger partial charge >= 0.3 is 12.5 Å². The standard InChI is InChI=1S/C14H7BrF6O/c15-11-6-5-8(7-10(11)13(16,17)18)9-3-1-2-4-12(9)22-14(19,20)21/h1-7H. The fraction of sp³-hybridized carbons (Fsp3) is 0.143. The Morgan fingerprint density at radius 1 is 0.864 bits per heavy atom. The lowest BCUT2D eigenvalue weighted by Crippen LogP contribution is -2.17. The molecule has 2 rings (SSSR count). The van der Waals surface area contributed by atoms with Crippen molar-refractivity contribution in [2.45, 2.75) is 12.5 Å². The zero-order valence-electron chi connectivity index (χ0n) is 10.6. The smallest absolute Gasteiger partial charge is 0.405 e. The van der Waals surface area contributed by atoms with E-state index in [-0.39, 0.29) is 15.6 Å². The average Bonchev–Trinajstić information content (AvgIpc) is 2.37. The highest BCUT2D eigenvalue weighted by Gasteiger charge is 2.34. The summed E-state index contributed by atoms with van der Waals surface area (Å²) in [5.41, 5.74) is -1.10. The van der Waals surface area contributed by atoms with E-state index in [2.05, 4.69) is 20.7 Å². The van der Waals surface area contributed by atoms with Crippen LogP contribution in [0.5, 0.6) is 5.75 Å². The maximum absolute atomic E-state index is 12.9. The van der Waals surface area contributed by atoms with Gasteiger partial charge in [-0.3, -0.25) is 0 Å². The molecule has 118 valence electrons. The van der Waals surface area contributed by atoms with Crippen LogP contribution in [0.3, 0.4) is 0 Å². The van der Waals surface area contributed by atoms with Crippen molar-refractivity contribution in [1.29, 1.82) is 0 Å². The summed E-state index contributed by atoms with van der Waals surface area (Å²) in [6, 6.07) is 8.17. The van der Waals surface area contributed by atoms with E-state index >= 15 is 0 Å². The first kappa shape index (κ1) is 16.7. The second-order valence-electron chi connectivity index (χ2n) is 4.24. The molecule has 8 heteroatoms. The Morgan fingerprint density at radius 3 is 2.09 bits per heavy atom. The normalized spacial score (nSPS) is 12.3. The van der Waals surface area contributed by atoms with Crippen molar-refractivity contribution in [1.82, 2.24) is 0 Å². The molecule has 0 atom stereocenters. The van der Waals surface area contributed by atoms with Gasteiger partial charge in [-0.2, -0.15) is 13.2 Å². The predicted molar refractivity (Wildman–Crippen MR) is 71.3 cm³/mol. The fourth-order valence-corrected chi connectivity index (χ4v) is 2.30. The number of hydrogen-bond donors (Lipinski definition) is 0. The van der Waals surface area contributed by atoms with E-state index < -0.39 is 23.9 Å². The number of alkyl halides is 6. The Bertz CT molecular complexity index is 678. The van der Waals surface area contributed by atoms with Gasteiger partial charge in [0.05, 0.1) is 5.56 Å². The van der Waals surface area contributed by atoms with Crippen LogP contribution in [0.25, 0.3) is 11.1 Å². The van der Waals surface area contributed by atoms with Crippen molar-refractivity contribution in [3.63, 3.8) is 0 Å². The van der Waals surface area contributed by atoms with Crippen LogP contribution in [0.1, 0.15) is 5.56 Å². The van der Waals surface area contributed by atoms with Crippen molar-refractivity contribution in [2.75, 3.05) is 0 Å². The molecule has 1 nitrogen and oxygen atoms in total. The highest BCUT2D eigenvalue weighted by atomic mass is 79.9. The molecule has 0 aliphatic carbocycles. The van der Waals surface area contributed by atoms with Crippen LogP contribution in [-0.4, -0.2) is 6.36 Å². The molecule has 0 fully saturated rings. The highest BCUT2D eigenvalue weighted by Crippen LogP contribution is 2.40. The van der Waals surface area contributed by atoms with Crippen molar-refractivity contribution < 1.29 is 31.1 Å². The van der Waals surface area contributed by atoms with Gasteiger partial charge in [-0.25, -0.2) is 0 Å². The van der Waals surface area contributed by atoms with Crippen LogP contribution in [-0.2, 0) is 6.18 Å². The van der Waals surface area contributed by atoms with Gasteiger partial charge in [-0.05, 0) is 23.8 Å². The third-order valence-corrected chi connectivity index (χ3v) is 3.39. The van der Waals surface area contributed by atoms with Gasteiger partial charge in [0.25, 0.3) is 0 Å². The molecule has 0 aliphatic rings. The van der Waals surface area contributed by atoms with Gasteiger partial charge in [0.15, 0.2) is 0 Å². The van der Waals surface area contributed by atoms with Crippen LogP contribution in [0, 0.1) is 0 Å². The first-order chi connectivity index (χ1) is 10.1. The largest absolute Gasteiger partial charge is 0.573 e. The summed E-state index contributed by atoms with van der Waals surface area (Å²) in [5.74, 6) is -0.564. The Balaban J connectivity index is 2.54. The number of benzene rings is 2. The number of ether oxygens (including phenoxy) is 1. The lowest BCUT2D eigenvalue weighted by atomic mass is 10.0. The minimum absolute atomic E-state index is 0.0321. The van der Waals surface area contributed by atoms with E-state index in [1.165, 1.54) is 24.3 Å². The summed E-state index contributed by atoms with van der Waals surface area (Å²) in [6.07, 6.45) is -9.56. The molecule has 0 amide bonds. The molecule has 0 radical (unpaired) electrons. The lowest BCUT2D eigenvalue weighted by Gasteiger charge is -2.15. The van der Waals surface area contributed by atoms with E-state index in [4.69, 9.17) is 0 Å². The number of halogens is 7. The lowest BCUT2D eigenvalue weighted by molar-refractivity contribution is -0.274.